The number of nitrogens with zero attached hydrogens (tertiary/aromatic N) is 3. The number of nitrogens with two attached hydrogens (primary N) is 1. The standard InChI is InChI=1S/C14H19N4.ClH/c1-16-8-9-18(11-16)14-6-7-17(10-14)13-4-2-12(15)3-5-13;/h2-5,8-9,11,14H,6-7,10,15H2,1H3;1H/q+1;/p-1/t14-;/m0./s1. The van der Waals surface area contributed by atoms with Crippen LogP contribution < -0.4 is 27.6 Å². The molecule has 1 aliphatic heterocycles. The van der Waals surface area contributed by atoms with Crippen molar-refractivity contribution in [2.45, 2.75) is 12.5 Å². The number of nitrogen functional groups attached to an aromatic ring is 1. The SMILES string of the molecule is C[n+]1ccn([C@H]2CCN(c3ccc(N)cc3)C2)c1.[Cl-]. The molecule has 0 saturated carbocycles. The van der Waals surface area contributed by atoms with Gasteiger partial charge in [0.2, 0.25) is 6.33 Å². The Bertz CT molecular complexity index is 535. The van der Waals surface area contributed by atoms with E-state index in [0.717, 1.165) is 18.8 Å². The largest absolute Gasteiger partial charge is 1.00 e. The fraction of sp³-hybridized carbons (Fsp3) is 0.357. The van der Waals surface area contributed by atoms with Crippen molar-refractivity contribution in [2.75, 3.05) is 23.7 Å². The van der Waals surface area contributed by atoms with Crippen molar-refractivity contribution < 1.29 is 17.0 Å². The van der Waals surface area contributed by atoms with E-state index in [0.29, 0.717) is 6.04 Å². The van der Waals surface area contributed by atoms with E-state index in [1.54, 1.807) is 0 Å². The molecule has 0 aliphatic carbocycles. The van der Waals surface area contributed by atoms with Crippen molar-refractivity contribution >= 4 is 11.4 Å². The lowest BCUT2D eigenvalue weighted by Crippen LogP contribution is -3.00. The molecule has 0 bridgehead atoms. The van der Waals surface area contributed by atoms with Crippen LogP contribution in [0, 0.1) is 0 Å². The van der Waals surface area contributed by atoms with Crippen LogP contribution in [0.25, 0.3) is 0 Å². The zero-order valence-electron chi connectivity index (χ0n) is 11.0. The Morgan fingerprint density at radius 3 is 2.63 bits per heavy atom. The van der Waals surface area contributed by atoms with E-state index in [2.05, 4.69) is 51.9 Å². The second kappa shape index (κ2) is 5.53. The fourth-order valence-electron chi connectivity index (χ4n) is 2.59. The van der Waals surface area contributed by atoms with Gasteiger partial charge < -0.3 is 23.0 Å². The third kappa shape index (κ3) is 2.84. The molecule has 0 spiro atoms. The first-order chi connectivity index (χ1) is 8.72. The summed E-state index contributed by atoms with van der Waals surface area (Å²) in [4.78, 5) is 2.42. The first-order valence-corrected chi connectivity index (χ1v) is 6.35. The number of aryl methyl sites for hydroxylation is 1. The molecular formula is C14H19ClN4. The lowest BCUT2D eigenvalue weighted by molar-refractivity contribution is -0.671. The van der Waals surface area contributed by atoms with E-state index in [1.807, 2.05) is 12.1 Å². The molecule has 1 atom stereocenters. The Balaban J connectivity index is 0.00000133. The third-order valence-electron chi connectivity index (χ3n) is 3.63. The highest BCUT2D eigenvalue weighted by molar-refractivity contribution is 5.53. The van der Waals surface area contributed by atoms with Gasteiger partial charge in [0.15, 0.2) is 0 Å². The minimum atomic E-state index is 0. The topological polar surface area (TPSA) is 38.1 Å². The summed E-state index contributed by atoms with van der Waals surface area (Å²) >= 11 is 0. The Morgan fingerprint density at radius 2 is 2.00 bits per heavy atom. The van der Waals surface area contributed by atoms with Crippen molar-refractivity contribution in [1.29, 1.82) is 0 Å². The minimum Gasteiger partial charge on any atom is -1.00 e. The molecule has 102 valence electrons. The predicted molar refractivity (Wildman–Crippen MR) is 72.3 cm³/mol. The monoisotopic (exact) mass is 278 g/mol. The third-order valence-corrected chi connectivity index (χ3v) is 3.63. The maximum atomic E-state index is 5.72. The second-order valence-electron chi connectivity index (χ2n) is 5.01. The van der Waals surface area contributed by atoms with Gasteiger partial charge >= 0.3 is 0 Å². The van der Waals surface area contributed by atoms with Gasteiger partial charge in [0.1, 0.15) is 18.4 Å². The van der Waals surface area contributed by atoms with Gasteiger partial charge in [0.25, 0.3) is 0 Å². The number of aromatic nitrogens is 2. The van der Waals surface area contributed by atoms with Crippen LogP contribution in [0.5, 0.6) is 0 Å². The molecule has 5 heteroatoms. The number of rotatable bonds is 2. The number of hydrogen-bond donors (Lipinski definition) is 1. The van der Waals surface area contributed by atoms with Crippen molar-refractivity contribution in [2.24, 2.45) is 7.05 Å². The highest BCUT2D eigenvalue weighted by atomic mass is 35.5. The summed E-state index contributed by atoms with van der Waals surface area (Å²) in [5.41, 5.74) is 7.81. The molecule has 1 aliphatic rings. The van der Waals surface area contributed by atoms with Gasteiger partial charge in [-0.1, -0.05) is 0 Å². The maximum absolute atomic E-state index is 5.72. The second-order valence-corrected chi connectivity index (χ2v) is 5.01. The zero-order chi connectivity index (χ0) is 12.5. The maximum Gasteiger partial charge on any atom is 0.243 e. The van der Waals surface area contributed by atoms with Crippen molar-refractivity contribution in [3.63, 3.8) is 0 Å². The molecule has 1 saturated heterocycles. The summed E-state index contributed by atoms with van der Waals surface area (Å²) in [6.07, 6.45) is 7.58. The zero-order valence-corrected chi connectivity index (χ0v) is 11.8. The average molecular weight is 279 g/mol. The molecule has 1 fully saturated rings. The quantitative estimate of drug-likeness (QED) is 0.528. The van der Waals surface area contributed by atoms with Crippen molar-refractivity contribution in [3.8, 4) is 0 Å². The fourth-order valence-corrected chi connectivity index (χ4v) is 2.59. The number of halogens is 1. The van der Waals surface area contributed by atoms with Crippen LogP contribution in [-0.4, -0.2) is 17.7 Å². The van der Waals surface area contributed by atoms with Gasteiger partial charge in [-0.05, 0) is 24.3 Å². The first-order valence-electron chi connectivity index (χ1n) is 6.35. The number of imidazole rings is 1. The molecule has 3 rings (SSSR count). The minimum absolute atomic E-state index is 0. The van der Waals surface area contributed by atoms with Crippen LogP contribution in [-0.2, 0) is 7.05 Å². The molecule has 2 aromatic rings. The lowest BCUT2D eigenvalue weighted by Gasteiger charge is -2.17. The summed E-state index contributed by atoms with van der Waals surface area (Å²) in [7, 11) is 2.06. The van der Waals surface area contributed by atoms with Gasteiger partial charge in [-0.25, -0.2) is 9.13 Å². The average Bonchev–Trinajstić information content (AvgIpc) is 2.98. The molecule has 19 heavy (non-hydrogen) atoms. The van der Waals surface area contributed by atoms with Crippen LogP contribution in [0.3, 0.4) is 0 Å². The van der Waals surface area contributed by atoms with E-state index >= 15 is 0 Å². The Hall–Kier alpha value is -1.68. The number of benzene rings is 1. The summed E-state index contributed by atoms with van der Waals surface area (Å²) in [5, 5.41) is 0. The summed E-state index contributed by atoms with van der Waals surface area (Å²) < 4.78 is 4.39. The molecule has 1 aromatic heterocycles. The van der Waals surface area contributed by atoms with Gasteiger partial charge in [-0.3, -0.25) is 0 Å². The highest BCUT2D eigenvalue weighted by Crippen LogP contribution is 2.26. The van der Waals surface area contributed by atoms with E-state index in [-0.39, 0.29) is 12.4 Å². The molecule has 4 nitrogen and oxygen atoms in total. The number of hydrogen-bond acceptors (Lipinski definition) is 2. The lowest BCUT2D eigenvalue weighted by atomic mass is 10.2. The van der Waals surface area contributed by atoms with Crippen LogP contribution in [0.2, 0.25) is 0 Å². The molecule has 1 aromatic carbocycles. The Labute approximate surface area is 119 Å². The van der Waals surface area contributed by atoms with Gasteiger partial charge in [-0.2, -0.15) is 0 Å². The van der Waals surface area contributed by atoms with Gasteiger partial charge in [0, 0.05) is 24.3 Å². The van der Waals surface area contributed by atoms with E-state index in [1.165, 1.54) is 12.1 Å². The molecule has 0 unspecified atom stereocenters. The van der Waals surface area contributed by atoms with E-state index < -0.39 is 0 Å². The van der Waals surface area contributed by atoms with E-state index in [4.69, 9.17) is 5.73 Å². The normalized spacial score (nSPS) is 18.4. The molecule has 0 radical (unpaired) electrons. The Kier molecular flexibility index (Phi) is 4.00. The smallest absolute Gasteiger partial charge is 0.243 e. The molecule has 2 heterocycles. The van der Waals surface area contributed by atoms with Gasteiger partial charge in [0.05, 0.1) is 13.6 Å². The van der Waals surface area contributed by atoms with Crippen LogP contribution in [0.1, 0.15) is 12.5 Å². The summed E-state index contributed by atoms with van der Waals surface area (Å²) in [6.45, 7) is 2.18. The summed E-state index contributed by atoms with van der Waals surface area (Å²) in [5.74, 6) is 0. The highest BCUT2D eigenvalue weighted by Gasteiger charge is 2.27. The van der Waals surface area contributed by atoms with Crippen LogP contribution in [0.15, 0.2) is 43.0 Å². The first kappa shape index (κ1) is 13.7. The molecular weight excluding hydrogens is 260 g/mol. The van der Waals surface area contributed by atoms with Crippen molar-refractivity contribution in [1.82, 2.24) is 4.57 Å². The molecule has 2 N–H and O–H groups in total. The number of anilines is 2. The summed E-state index contributed by atoms with van der Waals surface area (Å²) in [6, 6.07) is 8.72. The van der Waals surface area contributed by atoms with Crippen molar-refractivity contribution in [3.05, 3.63) is 43.0 Å². The van der Waals surface area contributed by atoms with Crippen LogP contribution >= 0.6 is 0 Å². The van der Waals surface area contributed by atoms with Crippen LogP contribution in [0.4, 0.5) is 11.4 Å². The molecule has 0 amide bonds. The Morgan fingerprint density at radius 1 is 1.26 bits per heavy atom. The van der Waals surface area contributed by atoms with E-state index in [9.17, 15) is 0 Å². The predicted octanol–water partition coefficient (Wildman–Crippen LogP) is -1.65. The van der Waals surface area contributed by atoms with Gasteiger partial charge in [-0.15, -0.1) is 0 Å².